The van der Waals surface area contributed by atoms with Crippen molar-refractivity contribution >= 4 is 5.91 Å². The van der Waals surface area contributed by atoms with Gasteiger partial charge in [-0.1, -0.05) is 48.5 Å². The van der Waals surface area contributed by atoms with Gasteiger partial charge in [0.15, 0.2) is 0 Å². The summed E-state index contributed by atoms with van der Waals surface area (Å²) in [5, 5.41) is 18.2. The lowest BCUT2D eigenvalue weighted by Crippen LogP contribution is -2.35. The standard InChI is InChI=1S/C29H29N5O2/c1-4-34(5-2)27(35)24-16-22(25-14-10-9-13-21(25)19-30)15-23(17-24)26-32-33-28(36-26)29(3,31)18-20-11-7-6-8-12-20/h6-17H,4-5,18,31H2,1-3H3/t29-/m1/s1. The molecule has 7 heteroatoms. The Balaban J connectivity index is 1.78. The van der Waals surface area contributed by atoms with E-state index < -0.39 is 5.54 Å². The minimum absolute atomic E-state index is 0.106. The van der Waals surface area contributed by atoms with Crippen LogP contribution in [-0.4, -0.2) is 34.1 Å². The van der Waals surface area contributed by atoms with E-state index in [1.54, 1.807) is 23.1 Å². The molecule has 1 aromatic heterocycles. The molecule has 2 N–H and O–H groups in total. The Bertz CT molecular complexity index is 1400. The number of rotatable bonds is 8. The maximum absolute atomic E-state index is 13.3. The first-order valence-electron chi connectivity index (χ1n) is 12.0. The Hall–Kier alpha value is -4.28. The average molecular weight is 480 g/mol. The van der Waals surface area contributed by atoms with Crippen LogP contribution in [0.4, 0.5) is 0 Å². The predicted molar refractivity (Wildman–Crippen MR) is 139 cm³/mol. The first kappa shape index (κ1) is 24.8. The van der Waals surface area contributed by atoms with Gasteiger partial charge in [0.25, 0.3) is 5.91 Å². The van der Waals surface area contributed by atoms with Gasteiger partial charge in [-0.3, -0.25) is 4.79 Å². The van der Waals surface area contributed by atoms with Gasteiger partial charge in [0.2, 0.25) is 11.8 Å². The molecule has 7 nitrogen and oxygen atoms in total. The van der Waals surface area contributed by atoms with E-state index in [0.717, 1.165) is 16.7 Å². The average Bonchev–Trinajstić information content (AvgIpc) is 3.41. The first-order chi connectivity index (χ1) is 17.4. The number of nitriles is 1. The van der Waals surface area contributed by atoms with Crippen molar-refractivity contribution in [2.45, 2.75) is 32.7 Å². The predicted octanol–water partition coefficient (Wildman–Crippen LogP) is 5.17. The minimum atomic E-state index is -0.877. The summed E-state index contributed by atoms with van der Waals surface area (Å²) in [5.41, 5.74) is 9.80. The number of benzene rings is 3. The Morgan fingerprint density at radius 3 is 2.36 bits per heavy atom. The Morgan fingerprint density at radius 1 is 1.00 bits per heavy atom. The van der Waals surface area contributed by atoms with Gasteiger partial charge in [0.05, 0.1) is 17.2 Å². The van der Waals surface area contributed by atoms with Crippen LogP contribution in [0.3, 0.4) is 0 Å². The van der Waals surface area contributed by atoms with Gasteiger partial charge in [0.1, 0.15) is 0 Å². The Labute approximate surface area is 211 Å². The molecule has 0 aliphatic heterocycles. The molecule has 0 radical (unpaired) electrons. The summed E-state index contributed by atoms with van der Waals surface area (Å²) in [6.45, 7) is 6.90. The molecule has 0 aliphatic rings. The molecule has 0 saturated heterocycles. The molecule has 0 fully saturated rings. The highest BCUT2D eigenvalue weighted by atomic mass is 16.4. The van der Waals surface area contributed by atoms with Gasteiger partial charge < -0.3 is 15.1 Å². The summed E-state index contributed by atoms with van der Waals surface area (Å²) in [7, 11) is 0. The van der Waals surface area contributed by atoms with Crippen LogP contribution in [0, 0.1) is 11.3 Å². The third kappa shape index (κ3) is 5.19. The summed E-state index contributed by atoms with van der Waals surface area (Å²) in [6, 6.07) is 24.8. The smallest absolute Gasteiger partial charge is 0.253 e. The van der Waals surface area contributed by atoms with E-state index in [1.165, 1.54) is 0 Å². The summed E-state index contributed by atoms with van der Waals surface area (Å²) in [4.78, 5) is 15.0. The van der Waals surface area contributed by atoms with Crippen molar-refractivity contribution in [2.24, 2.45) is 5.73 Å². The molecular weight excluding hydrogens is 450 g/mol. The molecule has 182 valence electrons. The number of aromatic nitrogens is 2. The second-order valence-electron chi connectivity index (χ2n) is 8.93. The van der Waals surface area contributed by atoms with Gasteiger partial charge in [-0.2, -0.15) is 5.26 Å². The minimum Gasteiger partial charge on any atom is -0.419 e. The van der Waals surface area contributed by atoms with E-state index in [2.05, 4.69) is 16.3 Å². The molecule has 0 saturated carbocycles. The van der Waals surface area contributed by atoms with Crippen molar-refractivity contribution in [2.75, 3.05) is 13.1 Å². The van der Waals surface area contributed by atoms with Crippen LogP contribution in [0.1, 0.15) is 48.1 Å². The van der Waals surface area contributed by atoms with Gasteiger partial charge in [-0.05, 0) is 68.1 Å². The Morgan fingerprint density at radius 2 is 1.67 bits per heavy atom. The van der Waals surface area contributed by atoms with Crippen molar-refractivity contribution in [1.29, 1.82) is 5.26 Å². The second kappa shape index (κ2) is 10.5. The monoisotopic (exact) mass is 479 g/mol. The molecule has 4 aromatic rings. The van der Waals surface area contributed by atoms with Gasteiger partial charge in [-0.15, -0.1) is 10.2 Å². The van der Waals surface area contributed by atoms with Crippen LogP contribution in [0.5, 0.6) is 0 Å². The highest BCUT2D eigenvalue weighted by Gasteiger charge is 2.29. The number of hydrogen-bond donors (Lipinski definition) is 1. The number of amides is 1. The molecule has 3 aromatic carbocycles. The lowest BCUT2D eigenvalue weighted by molar-refractivity contribution is 0.0773. The lowest BCUT2D eigenvalue weighted by atomic mass is 9.94. The summed E-state index contributed by atoms with van der Waals surface area (Å²) in [5.74, 6) is 0.463. The maximum atomic E-state index is 13.3. The van der Waals surface area contributed by atoms with Gasteiger partial charge >= 0.3 is 0 Å². The highest BCUT2D eigenvalue weighted by molar-refractivity contribution is 5.97. The fourth-order valence-corrected chi connectivity index (χ4v) is 4.22. The quantitative estimate of drug-likeness (QED) is 0.373. The lowest BCUT2D eigenvalue weighted by Gasteiger charge is -2.20. The molecule has 1 heterocycles. The molecule has 36 heavy (non-hydrogen) atoms. The van der Waals surface area contributed by atoms with Crippen molar-refractivity contribution in [1.82, 2.24) is 15.1 Å². The van der Waals surface area contributed by atoms with E-state index in [9.17, 15) is 10.1 Å². The third-order valence-corrected chi connectivity index (χ3v) is 6.16. The first-order valence-corrected chi connectivity index (χ1v) is 12.0. The zero-order chi connectivity index (χ0) is 25.7. The molecule has 0 unspecified atom stereocenters. The molecule has 0 aliphatic carbocycles. The topological polar surface area (TPSA) is 109 Å². The molecule has 4 rings (SSSR count). The van der Waals surface area contributed by atoms with Crippen LogP contribution >= 0.6 is 0 Å². The molecule has 1 atom stereocenters. The summed E-state index contributed by atoms with van der Waals surface area (Å²) < 4.78 is 6.06. The number of nitrogens with zero attached hydrogens (tertiary/aromatic N) is 4. The zero-order valence-corrected chi connectivity index (χ0v) is 20.7. The Kier molecular flexibility index (Phi) is 7.28. The van der Waals surface area contributed by atoms with Crippen LogP contribution in [0.25, 0.3) is 22.6 Å². The third-order valence-electron chi connectivity index (χ3n) is 6.16. The molecule has 0 bridgehead atoms. The molecular formula is C29H29N5O2. The number of carbonyl (C=O) groups is 1. The molecule has 0 spiro atoms. The van der Waals surface area contributed by atoms with Crippen molar-refractivity contribution in [3.63, 3.8) is 0 Å². The SMILES string of the molecule is CCN(CC)C(=O)c1cc(-c2nnc([C@](C)(N)Cc3ccccc3)o2)cc(-c2ccccc2C#N)c1. The van der Waals surface area contributed by atoms with E-state index >= 15 is 0 Å². The normalized spacial score (nSPS) is 12.5. The van der Waals surface area contributed by atoms with Crippen molar-refractivity contribution in [3.05, 3.63) is 95.4 Å². The van der Waals surface area contributed by atoms with Crippen LogP contribution in [-0.2, 0) is 12.0 Å². The van der Waals surface area contributed by atoms with E-state index in [-0.39, 0.29) is 11.8 Å². The maximum Gasteiger partial charge on any atom is 0.253 e. The molecule has 1 amide bonds. The van der Waals surface area contributed by atoms with Gasteiger partial charge in [-0.25, -0.2) is 0 Å². The highest BCUT2D eigenvalue weighted by Crippen LogP contribution is 2.32. The largest absolute Gasteiger partial charge is 0.419 e. The van der Waals surface area contributed by atoms with Crippen LogP contribution in [0.2, 0.25) is 0 Å². The van der Waals surface area contributed by atoms with Crippen molar-refractivity contribution in [3.8, 4) is 28.7 Å². The fraction of sp³-hybridized carbons (Fsp3) is 0.241. The zero-order valence-electron chi connectivity index (χ0n) is 20.7. The van der Waals surface area contributed by atoms with E-state index in [0.29, 0.717) is 42.1 Å². The fourth-order valence-electron chi connectivity index (χ4n) is 4.22. The number of hydrogen-bond acceptors (Lipinski definition) is 6. The second-order valence-corrected chi connectivity index (χ2v) is 8.93. The number of carbonyl (C=O) groups excluding carboxylic acids is 1. The number of nitrogens with two attached hydrogens (primary N) is 1. The summed E-state index contributed by atoms with van der Waals surface area (Å²) in [6.07, 6.45) is 0.525. The van der Waals surface area contributed by atoms with E-state index in [1.807, 2.05) is 75.4 Å². The summed E-state index contributed by atoms with van der Waals surface area (Å²) >= 11 is 0. The van der Waals surface area contributed by atoms with Crippen molar-refractivity contribution < 1.29 is 9.21 Å². The van der Waals surface area contributed by atoms with Crippen LogP contribution < -0.4 is 5.73 Å². The van der Waals surface area contributed by atoms with Gasteiger partial charge in [0, 0.05) is 24.2 Å². The van der Waals surface area contributed by atoms with E-state index in [4.69, 9.17) is 10.2 Å². The van der Waals surface area contributed by atoms with Crippen LogP contribution in [0.15, 0.2) is 77.2 Å².